The summed E-state index contributed by atoms with van der Waals surface area (Å²) in [5.74, 6) is -0.223. The van der Waals surface area contributed by atoms with E-state index in [0.29, 0.717) is 6.54 Å². The minimum atomic E-state index is -4.02. The highest BCUT2D eigenvalue weighted by atomic mass is 32.2. The first-order chi connectivity index (χ1) is 10.7. The summed E-state index contributed by atoms with van der Waals surface area (Å²) in [5, 5.41) is 7.93. The molecule has 0 aliphatic carbocycles. The molecule has 1 atom stereocenters. The Labute approximate surface area is 135 Å². The quantitative estimate of drug-likeness (QED) is 0.633. The number of anilines is 1. The van der Waals surface area contributed by atoms with Crippen molar-refractivity contribution in [3.8, 4) is 5.75 Å². The Balaban J connectivity index is 2.24. The molecule has 1 fully saturated rings. The van der Waals surface area contributed by atoms with Crippen molar-refractivity contribution in [3.63, 3.8) is 0 Å². The molecule has 0 radical (unpaired) electrons. The Morgan fingerprint density at radius 3 is 2.70 bits per heavy atom. The maximum absolute atomic E-state index is 12.4. The minimum Gasteiger partial charge on any atom is -0.496 e. The highest BCUT2D eigenvalue weighted by Gasteiger charge is 2.24. The largest absolute Gasteiger partial charge is 0.496 e. The van der Waals surface area contributed by atoms with Crippen LogP contribution in [0, 0.1) is 0 Å². The molecular formula is C14H22N4O4S. The van der Waals surface area contributed by atoms with Crippen LogP contribution < -0.4 is 20.9 Å². The second-order valence-corrected chi connectivity index (χ2v) is 7.15. The Morgan fingerprint density at radius 2 is 2.17 bits per heavy atom. The van der Waals surface area contributed by atoms with Crippen molar-refractivity contribution in [2.24, 2.45) is 5.14 Å². The van der Waals surface area contributed by atoms with Crippen LogP contribution in [0.5, 0.6) is 5.75 Å². The lowest BCUT2D eigenvalue weighted by atomic mass is 10.1. The number of nitrogens with zero attached hydrogens (tertiary/aromatic N) is 1. The van der Waals surface area contributed by atoms with E-state index in [2.05, 4.69) is 10.2 Å². The van der Waals surface area contributed by atoms with E-state index in [1.165, 1.54) is 13.2 Å². The number of ether oxygens (including phenoxy) is 1. The van der Waals surface area contributed by atoms with E-state index in [0.717, 1.165) is 25.5 Å². The van der Waals surface area contributed by atoms with Crippen LogP contribution in [0.2, 0.25) is 0 Å². The summed E-state index contributed by atoms with van der Waals surface area (Å²) in [4.78, 5) is 14.3. The molecule has 1 aromatic rings. The second kappa shape index (κ2) is 6.73. The predicted molar refractivity (Wildman–Crippen MR) is 86.8 cm³/mol. The molecule has 0 spiro atoms. The first-order valence-corrected chi connectivity index (χ1v) is 8.77. The van der Waals surface area contributed by atoms with Gasteiger partial charge in [0.1, 0.15) is 10.6 Å². The number of amides is 1. The first-order valence-electron chi connectivity index (χ1n) is 7.22. The summed E-state index contributed by atoms with van der Waals surface area (Å²) in [6.07, 6.45) is 2.11. The van der Waals surface area contributed by atoms with Gasteiger partial charge in [-0.1, -0.05) is 0 Å². The average Bonchev–Trinajstić information content (AvgIpc) is 2.88. The van der Waals surface area contributed by atoms with Gasteiger partial charge in [-0.05, 0) is 32.5 Å². The molecule has 128 valence electrons. The number of hydrogen-bond acceptors (Lipinski definition) is 6. The van der Waals surface area contributed by atoms with Crippen LogP contribution in [0.1, 0.15) is 23.2 Å². The molecule has 1 aliphatic heterocycles. The summed E-state index contributed by atoms with van der Waals surface area (Å²) in [5.41, 5.74) is 5.70. The first kappa shape index (κ1) is 17.5. The number of nitrogens with two attached hydrogens (primary N) is 2. The summed E-state index contributed by atoms with van der Waals surface area (Å²) in [7, 11) is -0.634. The summed E-state index contributed by atoms with van der Waals surface area (Å²) < 4.78 is 28.2. The lowest BCUT2D eigenvalue weighted by molar-refractivity contribution is 0.0940. The third-order valence-electron chi connectivity index (χ3n) is 4.05. The fraction of sp³-hybridized carbons (Fsp3) is 0.500. The Kier molecular flexibility index (Phi) is 5.12. The van der Waals surface area contributed by atoms with Crippen LogP contribution in [0.25, 0.3) is 0 Å². The lowest BCUT2D eigenvalue weighted by Crippen LogP contribution is -2.38. The lowest BCUT2D eigenvalue weighted by Gasteiger charge is -2.20. The Bertz CT molecular complexity index is 705. The molecule has 1 saturated heterocycles. The molecule has 0 bridgehead atoms. The van der Waals surface area contributed by atoms with Crippen molar-refractivity contribution in [3.05, 3.63) is 17.7 Å². The van der Waals surface area contributed by atoms with E-state index in [4.69, 9.17) is 15.6 Å². The molecule has 1 unspecified atom stereocenters. The highest BCUT2D eigenvalue weighted by Crippen LogP contribution is 2.28. The Hall–Kier alpha value is -1.84. The average molecular weight is 342 g/mol. The van der Waals surface area contributed by atoms with Crippen LogP contribution >= 0.6 is 0 Å². The SMILES string of the molecule is COc1cc(N)c(S(N)(=O)=O)cc1C(=O)NCC1CCCN1C. The topological polar surface area (TPSA) is 128 Å². The van der Waals surface area contributed by atoms with Crippen LogP contribution in [-0.4, -0.2) is 52.5 Å². The van der Waals surface area contributed by atoms with Crippen molar-refractivity contribution in [1.82, 2.24) is 10.2 Å². The molecular weight excluding hydrogens is 320 g/mol. The fourth-order valence-electron chi connectivity index (χ4n) is 2.71. The predicted octanol–water partition coefficient (Wildman–Crippen LogP) is -0.251. The number of carbonyl (C=O) groups excluding carboxylic acids is 1. The molecule has 9 heteroatoms. The number of rotatable bonds is 5. The summed E-state index contributed by atoms with van der Waals surface area (Å²) in [6, 6.07) is 2.71. The minimum absolute atomic E-state index is 0.0589. The van der Waals surface area contributed by atoms with Gasteiger partial charge in [-0.2, -0.15) is 0 Å². The van der Waals surface area contributed by atoms with Gasteiger partial charge in [-0.3, -0.25) is 4.79 Å². The zero-order valence-corrected chi connectivity index (χ0v) is 14.0. The van der Waals surface area contributed by atoms with Crippen molar-refractivity contribution in [2.75, 3.05) is 33.0 Å². The number of carbonyl (C=O) groups is 1. The zero-order valence-electron chi connectivity index (χ0n) is 13.2. The number of likely N-dealkylation sites (tertiary alicyclic amines) is 1. The van der Waals surface area contributed by atoms with Crippen LogP contribution in [0.4, 0.5) is 5.69 Å². The third-order valence-corrected chi connectivity index (χ3v) is 5.02. The van der Waals surface area contributed by atoms with E-state index < -0.39 is 15.9 Å². The number of methoxy groups -OCH3 is 1. The van der Waals surface area contributed by atoms with Gasteiger partial charge in [-0.25, -0.2) is 13.6 Å². The molecule has 5 N–H and O–H groups in total. The molecule has 23 heavy (non-hydrogen) atoms. The molecule has 1 aromatic carbocycles. The summed E-state index contributed by atoms with van der Waals surface area (Å²) >= 11 is 0. The normalized spacial score (nSPS) is 18.8. The fourth-order valence-corrected chi connectivity index (χ4v) is 3.38. The molecule has 0 saturated carbocycles. The van der Waals surface area contributed by atoms with E-state index >= 15 is 0 Å². The van der Waals surface area contributed by atoms with Crippen molar-refractivity contribution in [1.29, 1.82) is 0 Å². The van der Waals surface area contributed by atoms with E-state index in [9.17, 15) is 13.2 Å². The molecule has 1 heterocycles. The zero-order chi connectivity index (χ0) is 17.2. The second-order valence-electron chi connectivity index (χ2n) is 5.62. The van der Waals surface area contributed by atoms with Gasteiger partial charge in [0.25, 0.3) is 5.91 Å². The van der Waals surface area contributed by atoms with Gasteiger partial charge in [0.2, 0.25) is 10.0 Å². The van der Waals surface area contributed by atoms with Gasteiger partial charge < -0.3 is 20.7 Å². The van der Waals surface area contributed by atoms with Gasteiger partial charge in [0.15, 0.2) is 0 Å². The number of benzene rings is 1. The van der Waals surface area contributed by atoms with Crippen molar-refractivity contribution < 1.29 is 17.9 Å². The van der Waals surface area contributed by atoms with Crippen LogP contribution in [0.3, 0.4) is 0 Å². The monoisotopic (exact) mass is 342 g/mol. The van der Waals surface area contributed by atoms with Crippen LogP contribution in [-0.2, 0) is 10.0 Å². The number of nitrogen functional groups attached to an aromatic ring is 1. The third kappa shape index (κ3) is 3.92. The molecule has 0 aromatic heterocycles. The standard InChI is InChI=1S/C14H22N4O4S/c1-18-5-3-4-9(18)8-17-14(19)10-6-13(23(16,20)21)11(15)7-12(10)22-2/h6-7,9H,3-5,8,15H2,1-2H3,(H,17,19)(H2,16,20,21). The van der Waals surface area contributed by atoms with Crippen molar-refractivity contribution >= 4 is 21.6 Å². The van der Waals surface area contributed by atoms with Gasteiger partial charge in [0, 0.05) is 18.7 Å². The van der Waals surface area contributed by atoms with Crippen LogP contribution in [0.15, 0.2) is 17.0 Å². The molecule has 2 rings (SSSR count). The number of likely N-dealkylation sites (N-methyl/N-ethyl adjacent to an activating group) is 1. The molecule has 8 nitrogen and oxygen atoms in total. The van der Waals surface area contributed by atoms with Crippen molar-refractivity contribution in [2.45, 2.75) is 23.8 Å². The van der Waals surface area contributed by atoms with Gasteiger partial charge in [0.05, 0.1) is 18.4 Å². The molecule has 1 aliphatic rings. The highest BCUT2D eigenvalue weighted by molar-refractivity contribution is 7.89. The van der Waals surface area contributed by atoms with Gasteiger partial charge in [-0.15, -0.1) is 0 Å². The van der Waals surface area contributed by atoms with Gasteiger partial charge >= 0.3 is 0 Å². The van der Waals surface area contributed by atoms with E-state index in [-0.39, 0.29) is 27.9 Å². The van der Waals surface area contributed by atoms with E-state index in [1.807, 2.05) is 7.05 Å². The summed E-state index contributed by atoms with van der Waals surface area (Å²) in [6.45, 7) is 1.48. The number of primary sulfonamides is 1. The number of hydrogen-bond donors (Lipinski definition) is 3. The maximum Gasteiger partial charge on any atom is 0.255 e. The molecule has 1 amide bonds. The number of nitrogens with one attached hydrogen (secondary N) is 1. The number of sulfonamides is 1. The maximum atomic E-state index is 12.4. The van der Waals surface area contributed by atoms with E-state index in [1.54, 1.807) is 0 Å². The Morgan fingerprint density at radius 1 is 1.48 bits per heavy atom. The smallest absolute Gasteiger partial charge is 0.255 e.